The average molecular weight is 361 g/mol. The van der Waals surface area contributed by atoms with E-state index in [1.165, 1.54) is 12.1 Å². The van der Waals surface area contributed by atoms with Crippen LogP contribution in [0.15, 0.2) is 30.5 Å². The summed E-state index contributed by atoms with van der Waals surface area (Å²) < 4.78 is 19.9. The molecule has 2 atom stereocenters. The summed E-state index contributed by atoms with van der Waals surface area (Å²) in [7, 11) is 0. The standard InChI is InChI=1S/C18H20FN3O4/c1-2-16(24)21-17(15-10-20-18(25)26-15)11-3-4-14(13(19)9-11)22-7-5-12(23)6-8-22/h3-5,7,9,15,17H,2,6,8,10H2,1H3,(H,20,25)(H,21,24). The van der Waals surface area contributed by atoms with Crippen molar-refractivity contribution in [2.45, 2.75) is 31.9 Å². The van der Waals surface area contributed by atoms with Gasteiger partial charge in [-0.25, -0.2) is 9.18 Å². The van der Waals surface area contributed by atoms with E-state index in [-0.39, 0.29) is 24.7 Å². The number of benzene rings is 1. The largest absolute Gasteiger partial charge is 0.442 e. The van der Waals surface area contributed by atoms with Gasteiger partial charge < -0.3 is 20.3 Å². The Morgan fingerprint density at radius 2 is 2.27 bits per heavy atom. The number of halogens is 1. The number of anilines is 1. The van der Waals surface area contributed by atoms with Gasteiger partial charge in [-0.15, -0.1) is 0 Å². The Kier molecular flexibility index (Phi) is 5.20. The third kappa shape index (κ3) is 3.84. The van der Waals surface area contributed by atoms with Crippen LogP contribution >= 0.6 is 0 Å². The zero-order valence-corrected chi connectivity index (χ0v) is 14.3. The highest BCUT2D eigenvalue weighted by molar-refractivity contribution is 5.91. The number of cyclic esters (lactones) is 1. The maximum absolute atomic E-state index is 14.7. The van der Waals surface area contributed by atoms with Crippen LogP contribution in [0.3, 0.4) is 0 Å². The average Bonchev–Trinajstić information content (AvgIpc) is 3.06. The molecule has 1 saturated heterocycles. The van der Waals surface area contributed by atoms with Gasteiger partial charge in [-0.1, -0.05) is 13.0 Å². The van der Waals surface area contributed by atoms with E-state index in [0.29, 0.717) is 24.2 Å². The molecule has 8 heteroatoms. The molecule has 138 valence electrons. The monoisotopic (exact) mass is 361 g/mol. The Bertz CT molecular complexity index is 765. The van der Waals surface area contributed by atoms with Crippen LogP contribution in [0.1, 0.15) is 31.4 Å². The van der Waals surface area contributed by atoms with Crippen LogP contribution in [0, 0.1) is 5.82 Å². The minimum Gasteiger partial charge on any atom is -0.442 e. The molecule has 2 amide bonds. The van der Waals surface area contributed by atoms with Gasteiger partial charge in [0, 0.05) is 25.6 Å². The molecule has 1 aromatic carbocycles. The molecule has 0 spiro atoms. The van der Waals surface area contributed by atoms with E-state index < -0.39 is 24.1 Å². The molecule has 0 aliphatic carbocycles. The Balaban J connectivity index is 1.86. The summed E-state index contributed by atoms with van der Waals surface area (Å²) in [4.78, 5) is 36.1. The molecule has 0 radical (unpaired) electrons. The number of alkyl carbamates (subject to hydrolysis) is 1. The lowest BCUT2D eigenvalue weighted by Gasteiger charge is -2.26. The predicted octanol–water partition coefficient (Wildman–Crippen LogP) is 1.79. The van der Waals surface area contributed by atoms with Crippen molar-refractivity contribution >= 4 is 23.5 Å². The van der Waals surface area contributed by atoms with Crippen molar-refractivity contribution < 1.29 is 23.5 Å². The van der Waals surface area contributed by atoms with Crippen molar-refractivity contribution in [3.8, 4) is 0 Å². The second-order valence-corrected chi connectivity index (χ2v) is 6.16. The Hall–Kier alpha value is -2.90. The molecule has 2 unspecified atom stereocenters. The topological polar surface area (TPSA) is 87.7 Å². The lowest BCUT2D eigenvalue weighted by atomic mass is 10.00. The van der Waals surface area contributed by atoms with Gasteiger partial charge in [0.15, 0.2) is 5.78 Å². The van der Waals surface area contributed by atoms with E-state index in [4.69, 9.17) is 4.74 Å². The Morgan fingerprint density at radius 3 is 2.85 bits per heavy atom. The molecular weight excluding hydrogens is 341 g/mol. The smallest absolute Gasteiger partial charge is 0.407 e. The molecule has 0 aromatic heterocycles. The number of carbonyl (C=O) groups is 3. The van der Waals surface area contributed by atoms with Gasteiger partial charge in [-0.2, -0.15) is 0 Å². The van der Waals surface area contributed by atoms with Gasteiger partial charge in [-0.05, 0) is 23.8 Å². The van der Waals surface area contributed by atoms with Gasteiger partial charge in [0.25, 0.3) is 0 Å². The summed E-state index contributed by atoms with van der Waals surface area (Å²) in [5.41, 5.74) is 0.853. The minimum atomic E-state index is -0.650. The molecule has 26 heavy (non-hydrogen) atoms. The fourth-order valence-corrected chi connectivity index (χ4v) is 2.97. The first-order chi connectivity index (χ1) is 12.5. The molecule has 1 fully saturated rings. The number of allylic oxidation sites excluding steroid dienone is 1. The van der Waals surface area contributed by atoms with E-state index in [1.54, 1.807) is 30.2 Å². The summed E-state index contributed by atoms with van der Waals surface area (Å²) in [5, 5.41) is 5.32. The third-order valence-electron chi connectivity index (χ3n) is 4.40. The highest BCUT2D eigenvalue weighted by Gasteiger charge is 2.33. The maximum Gasteiger partial charge on any atom is 0.407 e. The quantitative estimate of drug-likeness (QED) is 0.835. The first kappa shape index (κ1) is 17.9. The van der Waals surface area contributed by atoms with Crippen molar-refractivity contribution in [1.82, 2.24) is 10.6 Å². The fourth-order valence-electron chi connectivity index (χ4n) is 2.97. The summed E-state index contributed by atoms with van der Waals surface area (Å²) >= 11 is 0. The molecule has 7 nitrogen and oxygen atoms in total. The van der Waals surface area contributed by atoms with Gasteiger partial charge in [0.2, 0.25) is 5.91 Å². The molecule has 3 rings (SSSR count). The van der Waals surface area contributed by atoms with Crippen molar-refractivity contribution in [2.24, 2.45) is 0 Å². The van der Waals surface area contributed by atoms with Crippen LogP contribution in [0.5, 0.6) is 0 Å². The lowest BCUT2D eigenvalue weighted by molar-refractivity contribution is -0.122. The van der Waals surface area contributed by atoms with E-state index in [9.17, 15) is 18.8 Å². The number of nitrogens with one attached hydrogen (secondary N) is 2. The zero-order valence-electron chi connectivity index (χ0n) is 14.3. The number of rotatable bonds is 5. The first-order valence-electron chi connectivity index (χ1n) is 8.49. The maximum atomic E-state index is 14.7. The normalized spacial score (nSPS) is 20.5. The molecule has 0 bridgehead atoms. The van der Waals surface area contributed by atoms with Crippen molar-refractivity contribution in [3.05, 3.63) is 41.9 Å². The summed E-state index contributed by atoms with van der Waals surface area (Å²) in [5.74, 6) is -0.689. The Morgan fingerprint density at radius 1 is 1.46 bits per heavy atom. The van der Waals surface area contributed by atoms with Crippen LogP contribution in [-0.2, 0) is 14.3 Å². The van der Waals surface area contributed by atoms with Crippen LogP contribution < -0.4 is 15.5 Å². The highest BCUT2D eigenvalue weighted by atomic mass is 19.1. The van der Waals surface area contributed by atoms with Crippen molar-refractivity contribution in [3.63, 3.8) is 0 Å². The van der Waals surface area contributed by atoms with E-state index >= 15 is 0 Å². The fraction of sp³-hybridized carbons (Fsp3) is 0.389. The molecule has 2 heterocycles. The molecular formula is C18H20FN3O4. The molecule has 2 aliphatic rings. The molecule has 0 saturated carbocycles. The number of ketones is 1. The molecule has 1 aromatic rings. The zero-order chi connectivity index (χ0) is 18.7. The number of nitrogens with zero attached hydrogens (tertiary/aromatic N) is 1. The number of carbonyl (C=O) groups excluding carboxylic acids is 3. The van der Waals surface area contributed by atoms with Crippen LogP contribution in [0.4, 0.5) is 14.9 Å². The Labute approximate surface area is 150 Å². The summed E-state index contributed by atoms with van der Waals surface area (Å²) in [6.45, 7) is 2.35. The molecule has 2 N–H and O–H groups in total. The van der Waals surface area contributed by atoms with Gasteiger partial charge in [-0.3, -0.25) is 9.59 Å². The van der Waals surface area contributed by atoms with Gasteiger partial charge >= 0.3 is 6.09 Å². The summed E-state index contributed by atoms with van der Waals surface area (Å²) in [6, 6.07) is 3.96. The number of amides is 2. The van der Waals surface area contributed by atoms with Gasteiger partial charge in [0.05, 0.1) is 18.3 Å². The highest BCUT2D eigenvalue weighted by Crippen LogP contribution is 2.28. The third-order valence-corrected chi connectivity index (χ3v) is 4.40. The lowest BCUT2D eigenvalue weighted by Crippen LogP contribution is -2.38. The predicted molar refractivity (Wildman–Crippen MR) is 92.0 cm³/mol. The number of hydrogen-bond acceptors (Lipinski definition) is 5. The first-order valence-corrected chi connectivity index (χ1v) is 8.49. The van der Waals surface area contributed by atoms with E-state index in [1.807, 2.05) is 0 Å². The van der Waals surface area contributed by atoms with Crippen molar-refractivity contribution in [1.29, 1.82) is 0 Å². The van der Waals surface area contributed by atoms with Crippen LogP contribution in [0.2, 0.25) is 0 Å². The van der Waals surface area contributed by atoms with E-state index in [2.05, 4.69) is 10.6 Å². The van der Waals surface area contributed by atoms with E-state index in [0.717, 1.165) is 0 Å². The second-order valence-electron chi connectivity index (χ2n) is 6.16. The second kappa shape index (κ2) is 7.55. The number of hydrogen-bond donors (Lipinski definition) is 2. The summed E-state index contributed by atoms with van der Waals surface area (Å²) in [6.07, 6.45) is 2.39. The number of ether oxygens (including phenoxy) is 1. The van der Waals surface area contributed by atoms with Gasteiger partial charge in [0.1, 0.15) is 11.9 Å². The SMILES string of the molecule is CCC(=O)NC(c1ccc(N2C=CC(=O)CC2)c(F)c1)C1CNC(=O)O1. The van der Waals surface area contributed by atoms with Crippen molar-refractivity contribution in [2.75, 3.05) is 18.0 Å². The van der Waals surface area contributed by atoms with Crippen LogP contribution in [-0.4, -0.2) is 37.0 Å². The van der Waals surface area contributed by atoms with Crippen LogP contribution in [0.25, 0.3) is 0 Å². The minimum absolute atomic E-state index is 0.0103. The molecule has 2 aliphatic heterocycles.